The molecule has 0 spiro atoms. The Labute approximate surface area is 203 Å². The first kappa shape index (κ1) is 22.4. The zero-order valence-corrected chi connectivity index (χ0v) is 20.7. The summed E-state index contributed by atoms with van der Waals surface area (Å²) in [4.78, 5) is 17.2. The van der Waals surface area contributed by atoms with E-state index in [2.05, 4.69) is 37.6 Å². The zero-order valence-electron chi connectivity index (χ0n) is 16.9. The number of carbonyl (C=O) groups excluding carboxylic acids is 1. The number of aromatic nitrogens is 1. The number of hydrogen-bond donors (Lipinski definition) is 2. The third-order valence-electron chi connectivity index (χ3n) is 4.60. The zero-order chi connectivity index (χ0) is 22.7. The Morgan fingerprint density at radius 2 is 1.59 bits per heavy atom. The summed E-state index contributed by atoms with van der Waals surface area (Å²) in [7, 11) is -3.70. The van der Waals surface area contributed by atoms with Crippen molar-refractivity contribution >= 4 is 60.7 Å². The van der Waals surface area contributed by atoms with Gasteiger partial charge in [-0.05, 0) is 78.0 Å². The average molecular weight is 575 g/mol. The number of thiazole rings is 1. The molecule has 0 saturated heterocycles. The Bertz CT molecular complexity index is 1350. The molecular weight excluding hydrogens is 557 g/mol. The normalized spacial score (nSPS) is 11.2. The summed E-state index contributed by atoms with van der Waals surface area (Å²) < 4.78 is 28.7. The lowest BCUT2D eigenvalue weighted by Crippen LogP contribution is -2.14. The number of benzene rings is 3. The Kier molecular flexibility index (Phi) is 6.58. The molecule has 6 nitrogen and oxygen atoms in total. The molecular formula is C23H18IN3O3S2. The Balaban J connectivity index is 1.42. The van der Waals surface area contributed by atoms with Crippen LogP contribution in [0.15, 0.2) is 83.1 Å². The van der Waals surface area contributed by atoms with E-state index in [1.54, 1.807) is 48.5 Å². The number of halogens is 1. The lowest BCUT2D eigenvalue weighted by atomic mass is 10.2. The van der Waals surface area contributed by atoms with Crippen molar-refractivity contribution < 1.29 is 13.2 Å². The fourth-order valence-corrected chi connectivity index (χ4v) is 5.01. The van der Waals surface area contributed by atoms with Crippen molar-refractivity contribution in [2.45, 2.75) is 11.8 Å². The van der Waals surface area contributed by atoms with Crippen molar-refractivity contribution in [2.24, 2.45) is 0 Å². The molecule has 4 rings (SSSR count). The second-order valence-corrected chi connectivity index (χ2v) is 10.8. The molecule has 0 saturated carbocycles. The quantitative estimate of drug-likeness (QED) is 0.286. The van der Waals surface area contributed by atoms with Gasteiger partial charge in [-0.15, -0.1) is 11.3 Å². The van der Waals surface area contributed by atoms with Crippen LogP contribution < -0.4 is 10.0 Å². The molecule has 0 aliphatic rings. The van der Waals surface area contributed by atoms with Crippen molar-refractivity contribution in [1.29, 1.82) is 0 Å². The molecule has 162 valence electrons. The lowest BCUT2D eigenvalue weighted by Gasteiger charge is -2.09. The summed E-state index contributed by atoms with van der Waals surface area (Å²) >= 11 is 3.59. The highest BCUT2D eigenvalue weighted by atomic mass is 127. The number of nitrogens with one attached hydrogen (secondary N) is 2. The fraction of sp³-hybridized carbons (Fsp3) is 0.0435. The monoisotopic (exact) mass is 575 g/mol. The number of anilines is 2. The maximum Gasteiger partial charge on any atom is 0.261 e. The number of sulfonamides is 1. The summed E-state index contributed by atoms with van der Waals surface area (Å²) in [6.07, 6.45) is 0. The van der Waals surface area contributed by atoms with Crippen LogP contribution in [0.1, 0.15) is 15.9 Å². The molecule has 0 atom stereocenters. The summed E-state index contributed by atoms with van der Waals surface area (Å²) in [5.41, 5.74) is 3.52. The van der Waals surface area contributed by atoms with Gasteiger partial charge in [0, 0.05) is 25.8 Å². The first-order chi connectivity index (χ1) is 15.3. The van der Waals surface area contributed by atoms with Crippen LogP contribution in [0.4, 0.5) is 10.8 Å². The molecule has 0 bridgehead atoms. The fourth-order valence-electron chi connectivity index (χ4n) is 2.87. The summed E-state index contributed by atoms with van der Waals surface area (Å²) in [6.45, 7) is 1.89. The predicted molar refractivity (Wildman–Crippen MR) is 137 cm³/mol. The van der Waals surface area contributed by atoms with Crippen LogP contribution in [0.2, 0.25) is 0 Å². The number of nitrogens with zero attached hydrogens (tertiary/aromatic N) is 1. The molecule has 0 fully saturated rings. The van der Waals surface area contributed by atoms with Crippen LogP contribution >= 0.6 is 33.9 Å². The van der Waals surface area contributed by atoms with Crippen molar-refractivity contribution in [3.63, 3.8) is 0 Å². The summed E-state index contributed by atoms with van der Waals surface area (Å²) in [5, 5.41) is 5.17. The molecule has 9 heteroatoms. The number of amides is 1. The molecule has 1 amide bonds. The minimum Gasteiger partial charge on any atom is -0.298 e. The second-order valence-electron chi connectivity index (χ2n) is 6.99. The van der Waals surface area contributed by atoms with Crippen molar-refractivity contribution in [3.8, 4) is 11.3 Å². The minimum absolute atomic E-state index is 0.178. The smallest absolute Gasteiger partial charge is 0.261 e. The van der Waals surface area contributed by atoms with Crippen LogP contribution in [0.3, 0.4) is 0 Å². The van der Waals surface area contributed by atoms with Crippen molar-refractivity contribution in [3.05, 3.63) is 92.9 Å². The van der Waals surface area contributed by atoms with Crippen molar-refractivity contribution in [1.82, 2.24) is 4.98 Å². The number of carbonyl (C=O) groups is 1. The summed E-state index contributed by atoms with van der Waals surface area (Å²) in [5.74, 6) is -0.318. The van der Waals surface area contributed by atoms with Gasteiger partial charge in [-0.3, -0.25) is 14.8 Å². The first-order valence-corrected chi connectivity index (χ1v) is 13.0. The molecule has 1 heterocycles. The van der Waals surface area contributed by atoms with Crippen molar-refractivity contribution in [2.75, 3.05) is 10.0 Å². The molecule has 32 heavy (non-hydrogen) atoms. The van der Waals surface area contributed by atoms with E-state index in [0.29, 0.717) is 16.4 Å². The largest absolute Gasteiger partial charge is 0.298 e. The van der Waals surface area contributed by atoms with Crippen LogP contribution in [0, 0.1) is 10.5 Å². The third-order valence-corrected chi connectivity index (χ3v) is 7.47. The van der Waals surface area contributed by atoms with Gasteiger partial charge in [0.05, 0.1) is 10.6 Å². The molecule has 0 aliphatic carbocycles. The van der Waals surface area contributed by atoms with Crippen LogP contribution in [0.25, 0.3) is 11.3 Å². The molecule has 1 aromatic heterocycles. The van der Waals surface area contributed by atoms with Gasteiger partial charge in [0.2, 0.25) is 0 Å². The van der Waals surface area contributed by atoms with E-state index in [9.17, 15) is 13.2 Å². The van der Waals surface area contributed by atoms with Gasteiger partial charge >= 0.3 is 0 Å². The number of rotatable bonds is 6. The van der Waals surface area contributed by atoms with Crippen LogP contribution in [-0.4, -0.2) is 19.3 Å². The number of hydrogen-bond acceptors (Lipinski definition) is 5. The minimum atomic E-state index is -3.70. The predicted octanol–water partition coefficient (Wildman–Crippen LogP) is 5.78. The van der Waals surface area contributed by atoms with Gasteiger partial charge < -0.3 is 0 Å². The average Bonchev–Trinajstić information content (AvgIpc) is 3.23. The van der Waals surface area contributed by atoms with E-state index in [0.717, 1.165) is 20.4 Å². The second kappa shape index (κ2) is 9.39. The molecule has 4 aromatic rings. The van der Waals surface area contributed by atoms with E-state index in [4.69, 9.17) is 0 Å². The van der Waals surface area contributed by atoms with Gasteiger partial charge in [0.1, 0.15) is 0 Å². The first-order valence-electron chi connectivity index (χ1n) is 9.52. The molecule has 0 aliphatic heterocycles. The summed E-state index contributed by atoms with van der Waals surface area (Å²) in [6, 6.07) is 20.8. The highest BCUT2D eigenvalue weighted by Gasteiger charge is 2.15. The highest BCUT2D eigenvalue weighted by molar-refractivity contribution is 14.1. The van der Waals surface area contributed by atoms with E-state index in [1.807, 2.05) is 36.6 Å². The Morgan fingerprint density at radius 3 is 2.25 bits per heavy atom. The highest BCUT2D eigenvalue weighted by Crippen LogP contribution is 2.26. The third kappa shape index (κ3) is 5.34. The van der Waals surface area contributed by atoms with Crippen LogP contribution in [0.5, 0.6) is 0 Å². The Morgan fingerprint density at radius 1 is 0.938 bits per heavy atom. The molecule has 3 aromatic carbocycles. The maximum absolute atomic E-state index is 12.6. The van der Waals surface area contributed by atoms with Gasteiger partial charge in [-0.25, -0.2) is 13.4 Å². The number of aryl methyl sites for hydroxylation is 1. The van der Waals surface area contributed by atoms with E-state index >= 15 is 0 Å². The van der Waals surface area contributed by atoms with Gasteiger partial charge in [0.15, 0.2) is 5.13 Å². The van der Waals surface area contributed by atoms with Gasteiger partial charge in [0.25, 0.3) is 15.9 Å². The van der Waals surface area contributed by atoms with Gasteiger partial charge in [-0.2, -0.15) is 0 Å². The molecule has 0 radical (unpaired) electrons. The lowest BCUT2D eigenvalue weighted by molar-refractivity contribution is 0.102. The SMILES string of the molecule is Cc1ccc(S(=O)(=O)Nc2ccc(C(=O)Nc3nc(-c4ccc(I)cc4)cs3)cc2)cc1. The topological polar surface area (TPSA) is 88.2 Å². The van der Waals surface area contributed by atoms with E-state index in [1.165, 1.54) is 11.3 Å². The van der Waals surface area contributed by atoms with E-state index in [-0.39, 0.29) is 10.8 Å². The Hall–Kier alpha value is -2.76. The molecule has 2 N–H and O–H groups in total. The van der Waals surface area contributed by atoms with Gasteiger partial charge in [-0.1, -0.05) is 29.8 Å². The molecule has 0 unspecified atom stereocenters. The van der Waals surface area contributed by atoms with Crippen LogP contribution in [-0.2, 0) is 10.0 Å². The maximum atomic E-state index is 12.6. The van der Waals surface area contributed by atoms with E-state index < -0.39 is 10.0 Å². The standard InChI is InChI=1S/C23H18IN3O3S2/c1-15-2-12-20(13-3-15)32(29,30)27-19-10-6-17(7-11-19)22(28)26-23-25-21(14-31-23)16-4-8-18(24)9-5-16/h2-14,27H,1H3,(H,25,26,28).